The molecule has 2 N–H and O–H groups in total. The van der Waals surface area contributed by atoms with E-state index in [0.29, 0.717) is 5.89 Å². The quantitative estimate of drug-likeness (QED) is 0.942. The zero-order valence-electron chi connectivity index (χ0n) is 9.98. The molecule has 1 aromatic carbocycles. The summed E-state index contributed by atoms with van der Waals surface area (Å²) in [7, 11) is 0. The van der Waals surface area contributed by atoms with Crippen molar-refractivity contribution in [3.8, 4) is 11.5 Å². The molecule has 1 heterocycles. The number of carbonyl (C=O) groups excluding carboxylic acids is 1. The summed E-state index contributed by atoms with van der Waals surface area (Å²) in [6.45, 7) is 3.32. The van der Waals surface area contributed by atoms with Gasteiger partial charge in [-0.1, -0.05) is 21.1 Å². The Morgan fingerprint density at radius 1 is 1.33 bits per heavy atom. The molecule has 0 unspecified atom stereocenters. The summed E-state index contributed by atoms with van der Waals surface area (Å²) >= 11 is 3.35. The number of aromatic nitrogens is 2. The fraction of sp³-hybridized carbons (Fsp3) is 0.250. The summed E-state index contributed by atoms with van der Waals surface area (Å²) in [6.07, 6.45) is 0. The second-order valence-corrected chi connectivity index (χ2v) is 5.33. The van der Waals surface area contributed by atoms with Crippen LogP contribution in [0, 0.1) is 0 Å². The average Bonchev–Trinajstić information content (AvgIpc) is 2.79. The van der Waals surface area contributed by atoms with Crippen LogP contribution in [-0.4, -0.2) is 16.0 Å². The van der Waals surface area contributed by atoms with Gasteiger partial charge in [-0.3, -0.25) is 4.79 Å². The van der Waals surface area contributed by atoms with Gasteiger partial charge < -0.3 is 10.3 Å². The van der Waals surface area contributed by atoms with Gasteiger partial charge in [-0.05, 0) is 38.1 Å². The van der Waals surface area contributed by atoms with Crippen molar-refractivity contribution in [2.24, 2.45) is 5.73 Å². The number of benzene rings is 1. The van der Waals surface area contributed by atoms with E-state index in [0.717, 1.165) is 10.0 Å². The van der Waals surface area contributed by atoms with E-state index in [-0.39, 0.29) is 5.82 Å². The number of amides is 1. The molecule has 0 aliphatic carbocycles. The summed E-state index contributed by atoms with van der Waals surface area (Å²) < 4.78 is 6.10. The summed E-state index contributed by atoms with van der Waals surface area (Å²) in [4.78, 5) is 15.5. The Bertz CT molecular complexity index is 575. The first kappa shape index (κ1) is 12.8. The molecule has 0 fully saturated rings. The average molecular weight is 310 g/mol. The highest BCUT2D eigenvalue weighted by Gasteiger charge is 2.33. The fourth-order valence-corrected chi connectivity index (χ4v) is 1.56. The molecule has 0 aliphatic rings. The molecule has 2 rings (SSSR count). The van der Waals surface area contributed by atoms with Gasteiger partial charge in [0.2, 0.25) is 5.91 Å². The first-order chi connectivity index (χ1) is 8.41. The number of rotatable bonds is 3. The minimum Gasteiger partial charge on any atom is -0.369 e. The maximum atomic E-state index is 11.3. The molecule has 5 nitrogen and oxygen atoms in total. The Kier molecular flexibility index (Phi) is 3.21. The molecule has 1 aromatic heterocycles. The molecule has 94 valence electrons. The molecular weight excluding hydrogens is 298 g/mol. The number of carbonyl (C=O) groups is 1. The highest BCUT2D eigenvalue weighted by Crippen LogP contribution is 2.24. The van der Waals surface area contributed by atoms with Crippen molar-refractivity contribution < 1.29 is 9.32 Å². The minimum atomic E-state index is -0.947. The van der Waals surface area contributed by atoms with E-state index in [1.807, 2.05) is 24.3 Å². The molecule has 2 aromatic rings. The molecule has 18 heavy (non-hydrogen) atoms. The second-order valence-electron chi connectivity index (χ2n) is 4.42. The van der Waals surface area contributed by atoms with E-state index in [4.69, 9.17) is 10.3 Å². The third-order valence-electron chi connectivity index (χ3n) is 2.69. The van der Waals surface area contributed by atoms with Crippen LogP contribution < -0.4 is 5.73 Å². The summed E-state index contributed by atoms with van der Waals surface area (Å²) in [5.41, 5.74) is 5.15. The summed E-state index contributed by atoms with van der Waals surface area (Å²) in [5.74, 6) is 0.158. The highest BCUT2D eigenvalue weighted by molar-refractivity contribution is 9.10. The lowest BCUT2D eigenvalue weighted by Gasteiger charge is -2.14. The first-order valence-corrected chi connectivity index (χ1v) is 6.10. The molecule has 0 atom stereocenters. The summed E-state index contributed by atoms with van der Waals surface area (Å²) in [6, 6.07) is 7.44. The highest BCUT2D eigenvalue weighted by atomic mass is 79.9. The van der Waals surface area contributed by atoms with Gasteiger partial charge in [0.15, 0.2) is 5.82 Å². The van der Waals surface area contributed by atoms with Gasteiger partial charge in [-0.15, -0.1) is 0 Å². The van der Waals surface area contributed by atoms with Gasteiger partial charge in [0.05, 0.1) is 0 Å². The van der Waals surface area contributed by atoms with Crippen LogP contribution in [0.4, 0.5) is 0 Å². The van der Waals surface area contributed by atoms with Crippen LogP contribution in [0.5, 0.6) is 0 Å². The SMILES string of the molecule is CC(C)(C(N)=O)c1noc(-c2ccc(Br)cc2)n1. The van der Waals surface area contributed by atoms with Gasteiger partial charge in [-0.25, -0.2) is 0 Å². The van der Waals surface area contributed by atoms with Crippen LogP contribution in [0.15, 0.2) is 33.3 Å². The predicted molar refractivity (Wildman–Crippen MR) is 69.7 cm³/mol. The van der Waals surface area contributed by atoms with Gasteiger partial charge in [-0.2, -0.15) is 4.98 Å². The molecule has 0 saturated carbocycles. The molecule has 0 radical (unpaired) electrons. The van der Waals surface area contributed by atoms with Crippen LogP contribution in [0.1, 0.15) is 19.7 Å². The molecule has 0 bridgehead atoms. The van der Waals surface area contributed by atoms with Gasteiger partial charge >= 0.3 is 0 Å². The number of hydrogen-bond donors (Lipinski definition) is 1. The van der Waals surface area contributed by atoms with Crippen molar-refractivity contribution in [2.75, 3.05) is 0 Å². The van der Waals surface area contributed by atoms with Crippen molar-refractivity contribution in [3.63, 3.8) is 0 Å². The van der Waals surface area contributed by atoms with E-state index in [9.17, 15) is 4.79 Å². The van der Waals surface area contributed by atoms with Crippen LogP contribution in [0.3, 0.4) is 0 Å². The third-order valence-corrected chi connectivity index (χ3v) is 3.22. The van der Waals surface area contributed by atoms with Crippen molar-refractivity contribution in [3.05, 3.63) is 34.6 Å². The Labute approximate surface area is 113 Å². The standard InChI is InChI=1S/C12H12BrN3O2/c1-12(2,10(14)17)11-15-9(18-16-11)7-3-5-8(13)6-4-7/h3-6H,1-2H3,(H2,14,17). The van der Waals surface area contributed by atoms with Crippen LogP contribution in [0.2, 0.25) is 0 Å². The van der Waals surface area contributed by atoms with Crippen molar-refractivity contribution in [1.82, 2.24) is 10.1 Å². The number of nitrogens with two attached hydrogens (primary N) is 1. The van der Waals surface area contributed by atoms with Crippen molar-refractivity contribution >= 4 is 21.8 Å². The molecular formula is C12H12BrN3O2. The fourth-order valence-electron chi connectivity index (χ4n) is 1.30. The zero-order chi connectivity index (χ0) is 13.3. The number of hydrogen-bond acceptors (Lipinski definition) is 4. The van der Waals surface area contributed by atoms with E-state index in [1.165, 1.54) is 0 Å². The zero-order valence-corrected chi connectivity index (χ0v) is 11.6. The lowest BCUT2D eigenvalue weighted by molar-refractivity contribution is -0.122. The number of nitrogens with zero attached hydrogens (tertiary/aromatic N) is 2. The van der Waals surface area contributed by atoms with Crippen molar-refractivity contribution in [2.45, 2.75) is 19.3 Å². The normalized spacial score (nSPS) is 11.5. The Balaban J connectivity index is 2.37. The maximum Gasteiger partial charge on any atom is 0.257 e. The largest absolute Gasteiger partial charge is 0.369 e. The topological polar surface area (TPSA) is 82.0 Å². The number of halogens is 1. The molecule has 0 aliphatic heterocycles. The van der Waals surface area contributed by atoms with Crippen molar-refractivity contribution in [1.29, 1.82) is 0 Å². The van der Waals surface area contributed by atoms with Gasteiger partial charge in [0.25, 0.3) is 5.89 Å². The Morgan fingerprint density at radius 2 is 1.94 bits per heavy atom. The lowest BCUT2D eigenvalue weighted by Crippen LogP contribution is -2.36. The van der Waals surface area contributed by atoms with Crippen LogP contribution in [-0.2, 0) is 10.2 Å². The van der Waals surface area contributed by atoms with E-state index in [1.54, 1.807) is 13.8 Å². The van der Waals surface area contributed by atoms with Gasteiger partial charge in [0.1, 0.15) is 5.41 Å². The predicted octanol–water partition coefficient (Wildman–Crippen LogP) is 2.26. The number of primary amides is 1. The summed E-state index contributed by atoms with van der Waals surface area (Å²) in [5, 5.41) is 3.81. The Morgan fingerprint density at radius 3 is 2.50 bits per heavy atom. The second kappa shape index (κ2) is 4.53. The molecule has 1 amide bonds. The van der Waals surface area contributed by atoms with Crippen LogP contribution in [0.25, 0.3) is 11.5 Å². The third kappa shape index (κ3) is 2.28. The van der Waals surface area contributed by atoms with E-state index >= 15 is 0 Å². The van der Waals surface area contributed by atoms with E-state index < -0.39 is 11.3 Å². The first-order valence-electron chi connectivity index (χ1n) is 5.31. The Hall–Kier alpha value is -1.69. The molecule has 0 spiro atoms. The lowest BCUT2D eigenvalue weighted by atomic mass is 9.92. The minimum absolute atomic E-state index is 0.285. The molecule has 0 saturated heterocycles. The van der Waals surface area contributed by atoms with Crippen LogP contribution >= 0.6 is 15.9 Å². The smallest absolute Gasteiger partial charge is 0.257 e. The molecule has 6 heteroatoms. The monoisotopic (exact) mass is 309 g/mol. The van der Waals surface area contributed by atoms with E-state index in [2.05, 4.69) is 26.1 Å². The van der Waals surface area contributed by atoms with Gasteiger partial charge in [0, 0.05) is 10.0 Å². The maximum absolute atomic E-state index is 11.3.